The fourth-order valence-electron chi connectivity index (χ4n) is 0.609. The maximum Gasteiger partial charge on any atom is 0.333 e. The fourth-order valence-corrected chi connectivity index (χ4v) is 0.707. The van der Waals surface area contributed by atoms with E-state index in [0.717, 1.165) is 12.4 Å². The molecule has 1 heterocycles. The number of aromatic nitrogens is 2. The van der Waals surface area contributed by atoms with Gasteiger partial charge in [-0.05, 0) is 0 Å². The van der Waals surface area contributed by atoms with E-state index in [4.69, 9.17) is 16.8 Å². The highest BCUT2D eigenvalue weighted by atomic mass is 35.5. The lowest BCUT2D eigenvalue weighted by Crippen LogP contribution is -1.97. The SMILES string of the molecule is ON=C(Cl)c1cnn(C(F)F)c1. The van der Waals surface area contributed by atoms with Gasteiger partial charge in [-0.3, -0.25) is 0 Å². The molecule has 7 heteroatoms. The lowest BCUT2D eigenvalue weighted by atomic mass is 10.4. The van der Waals surface area contributed by atoms with Gasteiger partial charge in [0.2, 0.25) is 0 Å². The van der Waals surface area contributed by atoms with Gasteiger partial charge in [-0.2, -0.15) is 13.9 Å². The Labute approximate surface area is 71.0 Å². The van der Waals surface area contributed by atoms with Crippen molar-refractivity contribution < 1.29 is 14.0 Å². The third kappa shape index (κ3) is 1.70. The van der Waals surface area contributed by atoms with Crippen molar-refractivity contribution in [3.05, 3.63) is 18.0 Å². The van der Waals surface area contributed by atoms with Crippen LogP contribution in [-0.4, -0.2) is 20.2 Å². The Bertz CT molecular complexity index is 299. The van der Waals surface area contributed by atoms with Crippen LogP contribution in [-0.2, 0) is 0 Å². The maximum absolute atomic E-state index is 11.9. The van der Waals surface area contributed by atoms with Crippen molar-refractivity contribution in [2.45, 2.75) is 6.55 Å². The quantitative estimate of drug-likeness (QED) is 0.443. The first-order valence-electron chi connectivity index (χ1n) is 2.85. The van der Waals surface area contributed by atoms with Crippen molar-refractivity contribution in [3.63, 3.8) is 0 Å². The van der Waals surface area contributed by atoms with Crippen molar-refractivity contribution in [1.82, 2.24) is 9.78 Å². The standard InChI is InChI=1S/C5H4ClF2N3O/c6-4(10-12)3-1-9-11(2-3)5(7)8/h1-2,5,12H. The largest absolute Gasteiger partial charge is 0.410 e. The van der Waals surface area contributed by atoms with Gasteiger partial charge >= 0.3 is 6.55 Å². The molecule has 0 aliphatic heterocycles. The summed E-state index contributed by atoms with van der Waals surface area (Å²) >= 11 is 5.31. The number of oxime groups is 1. The van der Waals surface area contributed by atoms with E-state index in [2.05, 4.69) is 10.3 Å². The molecule has 1 aromatic heterocycles. The molecule has 12 heavy (non-hydrogen) atoms. The molecule has 0 unspecified atom stereocenters. The highest BCUT2D eigenvalue weighted by Crippen LogP contribution is 2.11. The monoisotopic (exact) mass is 195 g/mol. The van der Waals surface area contributed by atoms with E-state index in [0.29, 0.717) is 4.68 Å². The Morgan fingerprint density at radius 2 is 2.42 bits per heavy atom. The van der Waals surface area contributed by atoms with Crippen LogP contribution in [0.4, 0.5) is 8.78 Å². The summed E-state index contributed by atoms with van der Waals surface area (Å²) in [6, 6.07) is 0. The molecule has 0 bridgehead atoms. The molecular formula is C5H4ClF2N3O. The molecule has 0 saturated carbocycles. The molecule has 0 spiro atoms. The van der Waals surface area contributed by atoms with Crippen molar-refractivity contribution in [1.29, 1.82) is 0 Å². The number of hydrogen-bond acceptors (Lipinski definition) is 3. The number of alkyl halides is 2. The van der Waals surface area contributed by atoms with Gasteiger partial charge < -0.3 is 5.21 Å². The molecule has 1 rings (SSSR count). The van der Waals surface area contributed by atoms with Crippen LogP contribution in [0.5, 0.6) is 0 Å². The minimum Gasteiger partial charge on any atom is -0.410 e. The summed E-state index contributed by atoms with van der Waals surface area (Å²) < 4.78 is 24.2. The molecule has 0 atom stereocenters. The minimum absolute atomic E-state index is 0.138. The second-order valence-corrected chi connectivity index (χ2v) is 2.24. The van der Waals surface area contributed by atoms with Gasteiger partial charge in [0.25, 0.3) is 0 Å². The van der Waals surface area contributed by atoms with Crippen molar-refractivity contribution in [2.75, 3.05) is 0 Å². The molecule has 0 saturated heterocycles. The van der Waals surface area contributed by atoms with E-state index in [1.165, 1.54) is 0 Å². The summed E-state index contributed by atoms with van der Waals surface area (Å²) in [5.41, 5.74) is 0.138. The Hall–Kier alpha value is -1.17. The number of halogens is 3. The smallest absolute Gasteiger partial charge is 0.333 e. The normalized spacial score (nSPS) is 12.5. The zero-order valence-electron chi connectivity index (χ0n) is 5.65. The lowest BCUT2D eigenvalue weighted by molar-refractivity contribution is 0.0566. The van der Waals surface area contributed by atoms with Gasteiger partial charge in [-0.25, -0.2) is 4.68 Å². The van der Waals surface area contributed by atoms with Crippen molar-refractivity contribution >= 4 is 16.8 Å². The van der Waals surface area contributed by atoms with Gasteiger partial charge in [-0.1, -0.05) is 16.8 Å². The Balaban J connectivity index is 2.92. The van der Waals surface area contributed by atoms with Crippen LogP contribution < -0.4 is 0 Å². The summed E-state index contributed by atoms with van der Waals surface area (Å²) in [6.07, 6.45) is 2.06. The van der Waals surface area contributed by atoms with Crippen LogP contribution in [0.1, 0.15) is 12.1 Å². The average Bonchev–Trinajstić information content (AvgIpc) is 2.51. The Morgan fingerprint density at radius 3 is 2.83 bits per heavy atom. The van der Waals surface area contributed by atoms with Gasteiger partial charge in [0, 0.05) is 6.20 Å². The van der Waals surface area contributed by atoms with E-state index < -0.39 is 6.55 Å². The fraction of sp³-hybridized carbons (Fsp3) is 0.200. The van der Waals surface area contributed by atoms with Gasteiger partial charge in [0.1, 0.15) is 0 Å². The zero-order valence-corrected chi connectivity index (χ0v) is 6.41. The first kappa shape index (κ1) is 8.92. The van der Waals surface area contributed by atoms with E-state index in [9.17, 15) is 8.78 Å². The third-order valence-corrected chi connectivity index (χ3v) is 1.42. The molecule has 0 radical (unpaired) electrons. The summed E-state index contributed by atoms with van der Waals surface area (Å²) in [7, 11) is 0. The van der Waals surface area contributed by atoms with Crippen LogP contribution in [0.15, 0.2) is 17.5 Å². The van der Waals surface area contributed by atoms with Gasteiger partial charge in [-0.15, -0.1) is 0 Å². The molecule has 0 aromatic carbocycles. The van der Waals surface area contributed by atoms with Crippen LogP contribution >= 0.6 is 11.6 Å². The average molecular weight is 196 g/mol. The minimum atomic E-state index is -2.72. The molecule has 0 aliphatic rings. The van der Waals surface area contributed by atoms with Crippen LogP contribution in [0.2, 0.25) is 0 Å². The third-order valence-electron chi connectivity index (χ3n) is 1.13. The summed E-state index contributed by atoms with van der Waals surface area (Å²) in [6.45, 7) is -2.72. The number of rotatable bonds is 2. The van der Waals surface area contributed by atoms with Gasteiger partial charge in [0.05, 0.1) is 11.8 Å². The second-order valence-electron chi connectivity index (χ2n) is 1.88. The Kier molecular flexibility index (Phi) is 2.59. The summed E-state index contributed by atoms with van der Waals surface area (Å²) in [4.78, 5) is 0. The molecule has 0 amide bonds. The van der Waals surface area contributed by atoms with Crippen LogP contribution in [0.25, 0.3) is 0 Å². The summed E-state index contributed by atoms with van der Waals surface area (Å²) in [5, 5.41) is 13.8. The molecule has 66 valence electrons. The maximum atomic E-state index is 11.9. The van der Waals surface area contributed by atoms with Crippen LogP contribution in [0.3, 0.4) is 0 Å². The van der Waals surface area contributed by atoms with Crippen molar-refractivity contribution in [2.24, 2.45) is 5.16 Å². The Morgan fingerprint density at radius 1 is 1.75 bits per heavy atom. The van der Waals surface area contributed by atoms with E-state index in [1.807, 2.05) is 0 Å². The molecule has 4 nitrogen and oxygen atoms in total. The van der Waals surface area contributed by atoms with E-state index >= 15 is 0 Å². The van der Waals surface area contributed by atoms with E-state index in [-0.39, 0.29) is 10.7 Å². The van der Waals surface area contributed by atoms with Gasteiger partial charge in [0.15, 0.2) is 5.17 Å². The highest BCUT2D eigenvalue weighted by molar-refractivity contribution is 6.69. The first-order valence-corrected chi connectivity index (χ1v) is 3.23. The summed E-state index contributed by atoms with van der Waals surface area (Å²) in [5.74, 6) is 0. The highest BCUT2D eigenvalue weighted by Gasteiger charge is 2.09. The topological polar surface area (TPSA) is 50.4 Å². The lowest BCUT2D eigenvalue weighted by Gasteiger charge is -1.94. The number of hydrogen-bond donors (Lipinski definition) is 1. The second kappa shape index (κ2) is 3.48. The zero-order chi connectivity index (χ0) is 9.14. The van der Waals surface area contributed by atoms with E-state index in [1.54, 1.807) is 0 Å². The molecule has 0 aliphatic carbocycles. The molecule has 0 fully saturated rings. The number of nitrogens with zero attached hydrogens (tertiary/aromatic N) is 3. The molecule has 1 N–H and O–H groups in total. The molecular weight excluding hydrogens is 192 g/mol. The first-order chi connectivity index (χ1) is 5.65. The van der Waals surface area contributed by atoms with Crippen molar-refractivity contribution in [3.8, 4) is 0 Å². The predicted octanol–water partition coefficient (Wildman–Crippen LogP) is 1.65. The molecule has 1 aromatic rings. The predicted molar refractivity (Wildman–Crippen MR) is 37.7 cm³/mol. The van der Waals surface area contributed by atoms with Crippen LogP contribution in [0, 0.1) is 0 Å².